The molecular formula is C12H12F3N3O. The molecule has 0 aliphatic carbocycles. The number of likely N-dealkylation sites (tertiary alicyclic amines) is 1. The maximum atomic E-state index is 13.3. The predicted molar refractivity (Wildman–Crippen MR) is 61.4 cm³/mol. The Hall–Kier alpha value is -1.63. The van der Waals surface area contributed by atoms with Crippen molar-refractivity contribution >= 4 is 11.2 Å². The van der Waals surface area contributed by atoms with Crippen LogP contribution < -0.4 is 0 Å². The Labute approximate surface area is 107 Å². The van der Waals surface area contributed by atoms with Gasteiger partial charge in [0.05, 0.1) is 5.56 Å². The van der Waals surface area contributed by atoms with Crippen LogP contribution in [-0.2, 0) is 6.18 Å². The Morgan fingerprint density at radius 3 is 2.79 bits per heavy atom. The van der Waals surface area contributed by atoms with E-state index in [1.54, 1.807) is 0 Å². The lowest BCUT2D eigenvalue weighted by molar-refractivity contribution is -0.137. The zero-order chi connectivity index (χ0) is 13.6. The Morgan fingerprint density at radius 1 is 1.37 bits per heavy atom. The number of alkyl halides is 3. The summed E-state index contributed by atoms with van der Waals surface area (Å²) in [6.07, 6.45) is -0.616. The lowest BCUT2D eigenvalue weighted by Crippen LogP contribution is -2.21. The zero-order valence-electron chi connectivity index (χ0n) is 10.2. The van der Waals surface area contributed by atoms with Gasteiger partial charge in [0.1, 0.15) is 5.52 Å². The molecule has 1 fully saturated rings. The predicted octanol–water partition coefficient (Wildman–Crippen LogP) is 3.01. The molecule has 0 spiro atoms. The molecule has 0 N–H and O–H groups in total. The fraction of sp³-hybridized carbons (Fsp3) is 0.500. The van der Waals surface area contributed by atoms with Crippen LogP contribution in [0.5, 0.6) is 0 Å². The van der Waals surface area contributed by atoms with Crippen LogP contribution in [0, 0.1) is 0 Å². The number of aromatic nitrogens is 2. The van der Waals surface area contributed by atoms with Crippen molar-refractivity contribution in [3.8, 4) is 0 Å². The van der Waals surface area contributed by atoms with Crippen molar-refractivity contribution in [2.45, 2.75) is 25.1 Å². The van der Waals surface area contributed by atoms with Gasteiger partial charge in [0, 0.05) is 17.8 Å². The van der Waals surface area contributed by atoms with Crippen molar-refractivity contribution in [1.82, 2.24) is 14.9 Å². The van der Waals surface area contributed by atoms with Crippen LogP contribution in [0.15, 0.2) is 17.0 Å². The largest absolute Gasteiger partial charge is 0.425 e. The molecule has 0 bridgehead atoms. The molecule has 3 rings (SSSR count). The Bertz CT molecular complexity index is 608. The van der Waals surface area contributed by atoms with Gasteiger partial charge in [-0.15, -0.1) is 0 Å². The first-order valence-electron chi connectivity index (χ1n) is 5.98. The van der Waals surface area contributed by atoms with Gasteiger partial charge in [-0.1, -0.05) is 0 Å². The van der Waals surface area contributed by atoms with E-state index < -0.39 is 11.7 Å². The number of rotatable bonds is 1. The highest BCUT2D eigenvalue weighted by Crippen LogP contribution is 2.42. The maximum absolute atomic E-state index is 13.3. The third-order valence-electron chi connectivity index (χ3n) is 3.56. The molecular weight excluding hydrogens is 259 g/mol. The van der Waals surface area contributed by atoms with E-state index in [0.717, 1.165) is 19.4 Å². The number of hydrogen-bond donors (Lipinski definition) is 0. The molecule has 2 aromatic heterocycles. The van der Waals surface area contributed by atoms with Crippen molar-refractivity contribution < 1.29 is 17.6 Å². The average Bonchev–Trinajstić information content (AvgIpc) is 2.93. The van der Waals surface area contributed by atoms with E-state index in [2.05, 4.69) is 9.97 Å². The number of nitrogens with zero attached hydrogens (tertiary/aromatic N) is 3. The standard InChI is InChI=1S/C12H12F3N3O/c1-18-4-2-3-8(18)7-5-16-11-10(17-6-19-11)9(7)12(13,14)15/h5-6,8H,2-4H2,1H3/t8-/m0/s1. The molecule has 4 nitrogen and oxygen atoms in total. The van der Waals surface area contributed by atoms with Gasteiger partial charge >= 0.3 is 6.18 Å². The van der Waals surface area contributed by atoms with Crippen LogP contribution in [0.1, 0.15) is 30.0 Å². The molecule has 0 saturated carbocycles. The van der Waals surface area contributed by atoms with Crippen LogP contribution in [0.2, 0.25) is 0 Å². The summed E-state index contributed by atoms with van der Waals surface area (Å²) in [5.74, 6) is 0. The molecule has 3 heterocycles. The van der Waals surface area contributed by atoms with Crippen LogP contribution in [0.3, 0.4) is 0 Å². The first kappa shape index (κ1) is 12.4. The van der Waals surface area contributed by atoms with E-state index in [0.29, 0.717) is 6.42 Å². The minimum absolute atomic E-state index is 0.0725. The van der Waals surface area contributed by atoms with Crippen LogP contribution in [0.25, 0.3) is 11.2 Å². The van der Waals surface area contributed by atoms with Gasteiger partial charge < -0.3 is 4.42 Å². The highest BCUT2D eigenvalue weighted by molar-refractivity contribution is 5.74. The smallest absolute Gasteiger partial charge is 0.419 e. The molecule has 0 radical (unpaired) electrons. The molecule has 0 aromatic carbocycles. The quantitative estimate of drug-likeness (QED) is 0.799. The number of hydrogen-bond acceptors (Lipinski definition) is 4. The van der Waals surface area contributed by atoms with Crippen LogP contribution in [-0.4, -0.2) is 28.5 Å². The number of oxazole rings is 1. The summed E-state index contributed by atoms with van der Waals surface area (Å²) < 4.78 is 44.8. The number of pyridine rings is 1. The highest BCUT2D eigenvalue weighted by atomic mass is 19.4. The topological polar surface area (TPSA) is 42.2 Å². The van der Waals surface area contributed by atoms with Gasteiger partial charge in [0.25, 0.3) is 0 Å². The van der Waals surface area contributed by atoms with E-state index >= 15 is 0 Å². The zero-order valence-corrected chi connectivity index (χ0v) is 10.2. The normalized spacial score (nSPS) is 21.4. The Morgan fingerprint density at radius 2 is 2.16 bits per heavy atom. The third kappa shape index (κ3) is 1.98. The van der Waals surface area contributed by atoms with E-state index in [1.165, 1.54) is 6.20 Å². The van der Waals surface area contributed by atoms with Crippen molar-refractivity contribution in [3.63, 3.8) is 0 Å². The van der Waals surface area contributed by atoms with Crippen LogP contribution >= 0.6 is 0 Å². The fourth-order valence-corrected chi connectivity index (χ4v) is 2.69. The van der Waals surface area contributed by atoms with E-state index in [-0.39, 0.29) is 22.8 Å². The number of fused-ring (bicyclic) bond motifs is 1. The first-order chi connectivity index (χ1) is 8.98. The van der Waals surface area contributed by atoms with Gasteiger partial charge in [-0.3, -0.25) is 4.90 Å². The second-order valence-corrected chi connectivity index (χ2v) is 4.73. The molecule has 1 aliphatic heterocycles. The van der Waals surface area contributed by atoms with Crippen molar-refractivity contribution in [3.05, 3.63) is 23.7 Å². The summed E-state index contributed by atoms with van der Waals surface area (Å²) >= 11 is 0. The van der Waals surface area contributed by atoms with Gasteiger partial charge in [0.15, 0.2) is 6.39 Å². The second-order valence-electron chi connectivity index (χ2n) is 4.73. The first-order valence-corrected chi connectivity index (χ1v) is 5.98. The monoisotopic (exact) mass is 271 g/mol. The lowest BCUT2D eigenvalue weighted by atomic mass is 9.99. The molecule has 2 aromatic rings. The molecule has 7 heteroatoms. The minimum atomic E-state index is -4.46. The second kappa shape index (κ2) is 4.19. The molecule has 0 amide bonds. The van der Waals surface area contributed by atoms with Crippen molar-refractivity contribution in [1.29, 1.82) is 0 Å². The summed E-state index contributed by atoms with van der Waals surface area (Å²) in [7, 11) is 1.82. The molecule has 19 heavy (non-hydrogen) atoms. The Kier molecular flexibility index (Phi) is 2.74. The summed E-state index contributed by atoms with van der Waals surface area (Å²) in [5.41, 5.74) is -0.805. The average molecular weight is 271 g/mol. The van der Waals surface area contributed by atoms with Gasteiger partial charge in [0.2, 0.25) is 5.71 Å². The van der Waals surface area contributed by atoms with Gasteiger partial charge in [-0.25, -0.2) is 9.97 Å². The van der Waals surface area contributed by atoms with E-state index in [9.17, 15) is 13.2 Å². The van der Waals surface area contributed by atoms with E-state index in [1.807, 2.05) is 11.9 Å². The lowest BCUT2D eigenvalue weighted by Gasteiger charge is -2.23. The summed E-state index contributed by atoms with van der Waals surface area (Å²) in [6, 6.07) is -0.259. The number of halogens is 3. The molecule has 0 unspecified atom stereocenters. The summed E-state index contributed by atoms with van der Waals surface area (Å²) in [4.78, 5) is 9.53. The highest BCUT2D eigenvalue weighted by Gasteiger charge is 2.40. The maximum Gasteiger partial charge on any atom is 0.419 e. The fourth-order valence-electron chi connectivity index (χ4n) is 2.69. The molecule has 1 aliphatic rings. The van der Waals surface area contributed by atoms with Gasteiger partial charge in [-0.2, -0.15) is 13.2 Å². The molecule has 1 atom stereocenters. The SMILES string of the molecule is CN1CCC[C@H]1c1cnc2ocnc2c1C(F)(F)F. The molecule has 1 saturated heterocycles. The Balaban J connectivity index is 2.23. The third-order valence-corrected chi connectivity index (χ3v) is 3.56. The minimum Gasteiger partial charge on any atom is -0.425 e. The van der Waals surface area contributed by atoms with Gasteiger partial charge in [-0.05, 0) is 26.4 Å². The van der Waals surface area contributed by atoms with Crippen molar-refractivity contribution in [2.75, 3.05) is 13.6 Å². The van der Waals surface area contributed by atoms with Crippen LogP contribution in [0.4, 0.5) is 13.2 Å². The van der Waals surface area contributed by atoms with Crippen molar-refractivity contribution in [2.24, 2.45) is 0 Å². The summed E-state index contributed by atoms with van der Waals surface area (Å²) in [6.45, 7) is 0.790. The summed E-state index contributed by atoms with van der Waals surface area (Å²) in [5, 5.41) is 0. The molecule has 102 valence electrons. The van der Waals surface area contributed by atoms with E-state index in [4.69, 9.17) is 4.42 Å².